The minimum Gasteiger partial charge on any atom is -0.394 e. The molecule has 0 aromatic heterocycles. The maximum absolute atomic E-state index is 13.3. The van der Waals surface area contributed by atoms with Crippen LogP contribution < -0.4 is 0 Å². The average Bonchev–Trinajstić information content (AvgIpc) is 2.67. The fourth-order valence-electron chi connectivity index (χ4n) is 6.41. The molecule has 1 spiro atoms. The molecule has 5 nitrogen and oxygen atoms in total. The number of fused-ring (bicyclic) bond motifs is 1. The number of carbonyl (C=O) groups is 2. The van der Waals surface area contributed by atoms with Gasteiger partial charge < -0.3 is 8.85 Å². The molecule has 0 unspecified atom stereocenters. The Morgan fingerprint density at radius 1 is 1.04 bits per heavy atom. The monoisotopic (exact) mass is 365 g/mol. The van der Waals surface area contributed by atoms with Gasteiger partial charge >= 0.3 is 8.56 Å². The highest BCUT2D eigenvalue weighted by molar-refractivity contribution is 6.70. The van der Waals surface area contributed by atoms with E-state index in [2.05, 4.69) is 27.7 Å². The largest absolute Gasteiger partial charge is 0.394 e. The van der Waals surface area contributed by atoms with Crippen LogP contribution in [-0.2, 0) is 18.4 Å². The van der Waals surface area contributed by atoms with Crippen LogP contribution in [0, 0.1) is 16.7 Å². The summed E-state index contributed by atoms with van der Waals surface area (Å²) >= 11 is 0. The number of rotatable bonds is 2. The van der Waals surface area contributed by atoms with Gasteiger partial charge in [-0.25, -0.2) is 0 Å². The van der Waals surface area contributed by atoms with Gasteiger partial charge in [0.2, 0.25) is 11.8 Å². The number of carbonyl (C=O) groups excluding carboxylic acids is 2. The first kappa shape index (κ1) is 17.7. The molecule has 0 aromatic carbocycles. The summed E-state index contributed by atoms with van der Waals surface area (Å²) in [6, 6.07) is 0. The van der Waals surface area contributed by atoms with Crippen LogP contribution >= 0.6 is 0 Å². The van der Waals surface area contributed by atoms with Crippen molar-refractivity contribution in [2.45, 2.75) is 70.9 Å². The van der Waals surface area contributed by atoms with Crippen LogP contribution in [0.5, 0.6) is 0 Å². The maximum atomic E-state index is 13.3. The van der Waals surface area contributed by atoms with E-state index in [0.717, 1.165) is 32.1 Å². The van der Waals surface area contributed by atoms with Crippen LogP contribution in [0.1, 0.15) is 59.8 Å². The lowest BCUT2D eigenvalue weighted by atomic mass is 9.40. The molecule has 4 fully saturated rings. The van der Waals surface area contributed by atoms with Gasteiger partial charge in [0.15, 0.2) is 0 Å². The molecule has 2 aliphatic heterocycles. The quantitative estimate of drug-likeness (QED) is 0.557. The fourth-order valence-corrected chi connectivity index (χ4v) is 10.0. The van der Waals surface area contributed by atoms with Crippen LogP contribution in [0.2, 0.25) is 11.1 Å². The lowest BCUT2D eigenvalue weighted by Crippen LogP contribution is -2.64. The number of imide groups is 1. The van der Waals surface area contributed by atoms with Gasteiger partial charge in [0.05, 0.1) is 24.0 Å². The Morgan fingerprint density at radius 3 is 2.40 bits per heavy atom. The van der Waals surface area contributed by atoms with Crippen molar-refractivity contribution in [3.05, 3.63) is 0 Å². The second-order valence-electron chi connectivity index (χ2n) is 9.11. The first-order valence-electron chi connectivity index (χ1n) is 9.96. The summed E-state index contributed by atoms with van der Waals surface area (Å²) in [5.41, 5.74) is -0.187. The van der Waals surface area contributed by atoms with Crippen LogP contribution in [0.4, 0.5) is 0 Å². The van der Waals surface area contributed by atoms with Gasteiger partial charge in [-0.15, -0.1) is 0 Å². The Bertz CT molecular complexity index is 598. The number of hydrogen-bond acceptors (Lipinski definition) is 4. The van der Waals surface area contributed by atoms with Crippen molar-refractivity contribution in [3.8, 4) is 0 Å². The number of hydrogen-bond donors (Lipinski definition) is 0. The van der Waals surface area contributed by atoms with E-state index in [9.17, 15) is 9.59 Å². The molecule has 2 saturated heterocycles. The molecule has 0 N–H and O–H groups in total. The first-order valence-corrected chi connectivity index (χ1v) is 11.9. The molecule has 25 heavy (non-hydrogen) atoms. The van der Waals surface area contributed by atoms with E-state index >= 15 is 0 Å². The SMILES string of the molecule is CC(C)[Si]1(C(C)C)OCCN2C(=O)[C@@]34CCCC[C@]3(C2=O)[C@@H](CO1)C4. The van der Waals surface area contributed by atoms with E-state index in [4.69, 9.17) is 8.85 Å². The zero-order valence-electron chi connectivity index (χ0n) is 16.0. The third-order valence-corrected chi connectivity index (χ3v) is 12.1. The molecular formula is C19H31NO4Si. The van der Waals surface area contributed by atoms with Gasteiger partial charge in [0, 0.05) is 6.61 Å². The van der Waals surface area contributed by atoms with Gasteiger partial charge in [-0.1, -0.05) is 40.5 Å². The van der Waals surface area contributed by atoms with Crippen LogP contribution in [0.15, 0.2) is 0 Å². The van der Waals surface area contributed by atoms with Crippen LogP contribution in [0.25, 0.3) is 0 Å². The topological polar surface area (TPSA) is 55.8 Å². The molecule has 2 heterocycles. The molecule has 6 heteroatoms. The molecule has 140 valence electrons. The summed E-state index contributed by atoms with van der Waals surface area (Å²) in [5, 5.41) is 0. The van der Waals surface area contributed by atoms with Crippen molar-refractivity contribution in [2.75, 3.05) is 19.8 Å². The Balaban J connectivity index is 1.72. The van der Waals surface area contributed by atoms with Gasteiger partial charge in [0.25, 0.3) is 0 Å². The molecule has 0 radical (unpaired) electrons. The normalized spacial score (nSPS) is 40.2. The van der Waals surface area contributed by atoms with Gasteiger partial charge in [-0.2, -0.15) is 0 Å². The van der Waals surface area contributed by atoms with Gasteiger partial charge in [-0.05, 0) is 36.3 Å². The smallest absolute Gasteiger partial charge is 0.343 e. The Hall–Kier alpha value is -0.723. The number of nitrogens with zero attached hydrogens (tertiary/aromatic N) is 1. The van der Waals surface area contributed by atoms with Crippen molar-refractivity contribution < 1.29 is 18.4 Å². The van der Waals surface area contributed by atoms with Crippen molar-refractivity contribution in [3.63, 3.8) is 0 Å². The van der Waals surface area contributed by atoms with Crippen LogP contribution in [-0.4, -0.2) is 45.0 Å². The zero-order chi connectivity index (χ0) is 18.0. The zero-order valence-corrected chi connectivity index (χ0v) is 17.0. The number of amides is 2. The van der Waals surface area contributed by atoms with E-state index in [1.54, 1.807) is 4.90 Å². The molecule has 3 atom stereocenters. The van der Waals surface area contributed by atoms with E-state index in [-0.39, 0.29) is 17.7 Å². The Kier molecular flexibility index (Phi) is 3.98. The summed E-state index contributed by atoms with van der Waals surface area (Å²) in [6.45, 7) is 10.1. The molecule has 4 rings (SSSR count). The first-order chi connectivity index (χ1) is 11.8. The van der Waals surface area contributed by atoms with E-state index in [1.807, 2.05) is 0 Å². The summed E-state index contributed by atoms with van der Waals surface area (Å²) in [4.78, 5) is 28.0. The average molecular weight is 366 g/mol. The summed E-state index contributed by atoms with van der Waals surface area (Å²) < 4.78 is 13.0. The predicted molar refractivity (Wildman–Crippen MR) is 96.0 cm³/mol. The molecule has 2 bridgehead atoms. The van der Waals surface area contributed by atoms with E-state index in [1.165, 1.54) is 0 Å². The molecular weight excluding hydrogens is 334 g/mol. The molecule has 2 amide bonds. The maximum Gasteiger partial charge on any atom is 0.343 e. The summed E-state index contributed by atoms with van der Waals surface area (Å²) in [6.07, 6.45) is 4.69. The standard InChI is InChI=1S/C19H31NO4Si/c1-13(2)25(14(3)4)23-10-9-20-16(21)18-7-5-6-8-19(18,17(20)22)15(11-18)12-24-25/h13-15H,5-12H2,1-4H3/t15-,18+,19-/m1/s1. The van der Waals surface area contributed by atoms with Crippen molar-refractivity contribution in [1.29, 1.82) is 0 Å². The summed E-state index contributed by atoms with van der Waals surface area (Å²) in [5.74, 6) is 0.338. The van der Waals surface area contributed by atoms with Crippen LogP contribution in [0.3, 0.4) is 0 Å². The fraction of sp³-hybridized carbons (Fsp3) is 0.895. The molecule has 0 aromatic rings. The van der Waals surface area contributed by atoms with Crippen molar-refractivity contribution in [1.82, 2.24) is 4.90 Å². The minimum absolute atomic E-state index is 0.0731. The highest BCUT2D eigenvalue weighted by Crippen LogP contribution is 2.72. The second-order valence-corrected chi connectivity index (χ2v) is 13.4. The molecule has 4 aliphatic rings. The second kappa shape index (κ2) is 5.63. The van der Waals surface area contributed by atoms with Crippen molar-refractivity contribution in [2.24, 2.45) is 16.7 Å². The molecule has 2 saturated carbocycles. The lowest BCUT2D eigenvalue weighted by Gasteiger charge is -2.60. The lowest BCUT2D eigenvalue weighted by molar-refractivity contribution is -0.183. The van der Waals surface area contributed by atoms with E-state index < -0.39 is 19.4 Å². The highest BCUT2D eigenvalue weighted by Gasteiger charge is 2.79. The minimum atomic E-state index is -2.38. The molecule has 2 aliphatic carbocycles. The Labute approximate surface area is 151 Å². The predicted octanol–water partition coefficient (Wildman–Crippen LogP) is 3.23. The summed E-state index contributed by atoms with van der Waals surface area (Å²) in [7, 11) is -2.38. The third kappa shape index (κ3) is 1.96. The van der Waals surface area contributed by atoms with Gasteiger partial charge in [0.1, 0.15) is 0 Å². The van der Waals surface area contributed by atoms with Gasteiger partial charge in [-0.3, -0.25) is 14.5 Å². The van der Waals surface area contributed by atoms with Crippen molar-refractivity contribution >= 4 is 20.4 Å². The third-order valence-electron chi connectivity index (χ3n) is 7.61. The van der Waals surface area contributed by atoms with E-state index in [0.29, 0.717) is 30.8 Å². The Morgan fingerprint density at radius 2 is 1.72 bits per heavy atom. The highest BCUT2D eigenvalue weighted by atomic mass is 28.4.